The summed E-state index contributed by atoms with van der Waals surface area (Å²) in [6.07, 6.45) is 13.7. The van der Waals surface area contributed by atoms with Gasteiger partial charge in [-0.05, 0) is 0 Å². The number of nitrogens with zero attached hydrogens (tertiary/aromatic N) is 2. The molecule has 0 fully saturated rings. The number of hydrogen-bond donors (Lipinski definition) is 0. The number of hydrogen-bond acceptors (Lipinski definition) is 3. The molecule has 3 aliphatic heterocycles. The molecule has 3 aromatic carbocycles. The van der Waals surface area contributed by atoms with Gasteiger partial charge in [-0.3, -0.25) is 0 Å². The zero-order valence-electron chi connectivity index (χ0n) is 20.2. The standard InChI is InChI=1S/C33H25IN2S/c1-2-9-21(10-3-1)23-17-27-24-12-4-6-15-28(24)34(33-31(27)29(18-23)35-20-36-33)19-22-11-8-14-26-25-13-5-7-16-30(25)37-32(22)26/h1-18,20,26,31-33H,19H2. The Hall–Kier alpha value is -2.96. The molecular weight excluding hydrogens is 583 g/mol. The van der Waals surface area contributed by atoms with E-state index in [0.717, 1.165) is 0 Å². The van der Waals surface area contributed by atoms with Gasteiger partial charge in [-0.1, -0.05) is 0 Å². The van der Waals surface area contributed by atoms with Gasteiger partial charge in [0.15, 0.2) is 0 Å². The van der Waals surface area contributed by atoms with Crippen LogP contribution in [0, 0.1) is 9.49 Å². The maximum absolute atomic E-state index is 5.14. The van der Waals surface area contributed by atoms with Gasteiger partial charge in [0.05, 0.1) is 0 Å². The molecule has 2 nitrogen and oxygen atoms in total. The normalized spacial score (nSPS) is 27.2. The SMILES string of the molecule is C1=CC2c3ccccc3SC2C(CI2c3ccccc3C3=CC(c4ccccc4)=CC4=NC=NC2C34)=C1. The summed E-state index contributed by atoms with van der Waals surface area (Å²) in [5, 5.41) is 0.514. The van der Waals surface area contributed by atoms with Gasteiger partial charge in [0.2, 0.25) is 0 Å². The molecule has 0 spiro atoms. The monoisotopic (exact) mass is 608 g/mol. The zero-order chi connectivity index (χ0) is 24.3. The third-order valence-electron chi connectivity index (χ3n) is 7.93. The summed E-state index contributed by atoms with van der Waals surface area (Å²) >= 11 is 0.329. The third-order valence-corrected chi connectivity index (χ3v) is 16.1. The number of thioether (sulfide) groups is 1. The molecule has 0 N–H and O–H groups in total. The second-order valence-corrected chi connectivity index (χ2v) is 16.6. The number of aliphatic imine (C=N–C) groups is 2. The Balaban J connectivity index is 1.21. The molecule has 0 amide bonds. The minimum absolute atomic E-state index is 0.279. The predicted octanol–water partition coefficient (Wildman–Crippen LogP) is 8.04. The fourth-order valence-corrected chi connectivity index (χ4v) is 15.3. The van der Waals surface area contributed by atoms with Gasteiger partial charge in [-0.25, -0.2) is 0 Å². The number of rotatable bonds is 3. The van der Waals surface area contributed by atoms with Crippen molar-refractivity contribution in [1.82, 2.24) is 0 Å². The Bertz CT molecular complexity index is 1610. The molecule has 0 radical (unpaired) electrons. The van der Waals surface area contributed by atoms with Crippen LogP contribution in [-0.4, -0.2) is 25.8 Å². The minimum atomic E-state index is -1.74. The second-order valence-electron chi connectivity index (χ2n) is 9.97. The van der Waals surface area contributed by atoms with Crippen LogP contribution in [0.5, 0.6) is 0 Å². The molecule has 180 valence electrons. The Morgan fingerprint density at radius 2 is 1.70 bits per heavy atom. The van der Waals surface area contributed by atoms with Gasteiger partial charge in [0, 0.05) is 0 Å². The molecule has 4 atom stereocenters. The van der Waals surface area contributed by atoms with Crippen molar-refractivity contribution in [1.29, 1.82) is 0 Å². The van der Waals surface area contributed by atoms with Crippen molar-refractivity contribution >= 4 is 54.8 Å². The average Bonchev–Trinajstić information content (AvgIpc) is 3.35. The van der Waals surface area contributed by atoms with Crippen molar-refractivity contribution in [2.24, 2.45) is 15.9 Å². The van der Waals surface area contributed by atoms with Gasteiger partial charge in [0.25, 0.3) is 0 Å². The molecule has 4 unspecified atom stereocenters. The van der Waals surface area contributed by atoms with Crippen LogP contribution in [0.15, 0.2) is 130 Å². The van der Waals surface area contributed by atoms with E-state index in [1.54, 1.807) is 9.14 Å². The topological polar surface area (TPSA) is 24.7 Å². The molecular formula is C33H25IN2S. The average molecular weight is 609 g/mol. The first-order valence-corrected chi connectivity index (χ1v) is 17.5. The van der Waals surface area contributed by atoms with Crippen molar-refractivity contribution in [3.05, 3.63) is 135 Å². The van der Waals surface area contributed by atoms with E-state index in [9.17, 15) is 0 Å². The molecule has 0 saturated heterocycles. The Morgan fingerprint density at radius 1 is 0.865 bits per heavy atom. The second kappa shape index (κ2) is 8.81. The molecule has 2 aliphatic carbocycles. The van der Waals surface area contributed by atoms with E-state index < -0.39 is 19.8 Å². The summed E-state index contributed by atoms with van der Waals surface area (Å²) in [7, 11) is 0. The maximum atomic E-state index is 5.14. The van der Waals surface area contributed by atoms with Crippen LogP contribution in [0.25, 0.3) is 11.1 Å². The summed E-state index contributed by atoms with van der Waals surface area (Å²) in [6, 6.07) is 28.9. The number of allylic oxidation sites excluding steroid dienone is 6. The third kappa shape index (κ3) is 3.52. The van der Waals surface area contributed by atoms with Gasteiger partial charge >= 0.3 is 230 Å². The van der Waals surface area contributed by atoms with Crippen molar-refractivity contribution < 1.29 is 0 Å². The molecule has 0 saturated carbocycles. The fourth-order valence-electron chi connectivity index (χ4n) is 6.23. The van der Waals surface area contributed by atoms with E-state index in [2.05, 4.69) is 121 Å². The summed E-state index contributed by atoms with van der Waals surface area (Å²) in [4.78, 5) is 11.4. The molecule has 3 heterocycles. The summed E-state index contributed by atoms with van der Waals surface area (Å²) in [5.41, 5.74) is 9.63. The van der Waals surface area contributed by atoms with Gasteiger partial charge in [-0.15, -0.1) is 0 Å². The first-order chi connectivity index (χ1) is 18.3. The molecule has 37 heavy (non-hydrogen) atoms. The molecule has 3 aromatic rings. The number of halogens is 1. The first kappa shape index (κ1) is 22.1. The summed E-state index contributed by atoms with van der Waals surface area (Å²) in [5.74, 6) is 0.770. The molecule has 8 rings (SSSR count). The van der Waals surface area contributed by atoms with Crippen LogP contribution in [0.1, 0.15) is 22.6 Å². The fraction of sp³-hybridized carbons (Fsp3) is 0.152. The first-order valence-electron chi connectivity index (χ1n) is 12.8. The van der Waals surface area contributed by atoms with E-state index in [-0.39, 0.29) is 5.92 Å². The van der Waals surface area contributed by atoms with Crippen molar-refractivity contribution in [2.75, 3.05) is 4.43 Å². The number of benzene rings is 3. The molecule has 0 aromatic heterocycles. The van der Waals surface area contributed by atoms with Crippen LogP contribution >= 0.6 is 31.6 Å². The number of fused-ring (bicyclic) bond motifs is 5. The van der Waals surface area contributed by atoms with Gasteiger partial charge in [0.1, 0.15) is 0 Å². The van der Waals surface area contributed by atoms with Crippen LogP contribution in [0.2, 0.25) is 0 Å². The van der Waals surface area contributed by atoms with Gasteiger partial charge < -0.3 is 0 Å². The van der Waals surface area contributed by atoms with Crippen LogP contribution in [0.3, 0.4) is 0 Å². The Kier molecular flexibility index (Phi) is 5.25. The van der Waals surface area contributed by atoms with Crippen LogP contribution in [-0.2, 0) is 0 Å². The van der Waals surface area contributed by atoms with Crippen LogP contribution in [0.4, 0.5) is 0 Å². The van der Waals surface area contributed by atoms with Crippen molar-refractivity contribution in [3.8, 4) is 0 Å². The van der Waals surface area contributed by atoms with E-state index in [0.29, 0.717) is 15.2 Å². The van der Waals surface area contributed by atoms with Crippen molar-refractivity contribution in [3.63, 3.8) is 0 Å². The summed E-state index contributed by atoms with van der Waals surface area (Å²) in [6.45, 7) is 0. The van der Waals surface area contributed by atoms with E-state index in [4.69, 9.17) is 9.98 Å². The zero-order valence-corrected chi connectivity index (χ0v) is 23.1. The summed E-state index contributed by atoms with van der Waals surface area (Å²) < 4.78 is 3.09. The molecule has 0 bridgehead atoms. The number of alkyl halides is 2. The van der Waals surface area contributed by atoms with Gasteiger partial charge in [-0.2, -0.15) is 0 Å². The quantitative estimate of drug-likeness (QED) is 0.168. The Morgan fingerprint density at radius 3 is 2.65 bits per heavy atom. The van der Waals surface area contributed by atoms with E-state index >= 15 is 0 Å². The van der Waals surface area contributed by atoms with E-state index in [1.807, 2.05) is 6.34 Å². The molecule has 5 aliphatic rings. The van der Waals surface area contributed by atoms with Crippen molar-refractivity contribution in [2.45, 2.75) is 20.1 Å². The molecule has 4 heteroatoms. The predicted molar refractivity (Wildman–Crippen MR) is 166 cm³/mol. The van der Waals surface area contributed by atoms with Crippen LogP contribution < -0.4 is 0 Å². The Labute approximate surface area is 229 Å². The van der Waals surface area contributed by atoms with E-state index in [1.165, 1.54) is 42.9 Å².